The van der Waals surface area contributed by atoms with Crippen LogP contribution in [0.1, 0.15) is 22.3 Å². The van der Waals surface area contributed by atoms with Gasteiger partial charge in [0.05, 0.1) is 12.2 Å². The molecule has 4 rings (SSSR count). The van der Waals surface area contributed by atoms with Crippen LogP contribution in [0, 0.1) is 20.8 Å². The number of ether oxygens (including phenoxy) is 2. The van der Waals surface area contributed by atoms with Gasteiger partial charge in [-0.2, -0.15) is 0 Å². The van der Waals surface area contributed by atoms with Crippen LogP contribution >= 0.6 is 11.3 Å². The number of rotatable bonds is 6. The Hall–Kier alpha value is -2.90. The lowest BCUT2D eigenvalue weighted by Gasteiger charge is -2.16. The first-order valence-corrected chi connectivity index (χ1v) is 10.7. The molecule has 1 amide bonds. The number of fused-ring (bicyclic) bond motifs is 1. The Morgan fingerprint density at radius 3 is 2.70 bits per heavy atom. The number of nitrogens with zero attached hydrogens (tertiary/aromatic N) is 2. The summed E-state index contributed by atoms with van der Waals surface area (Å²) in [7, 11) is 1.91. The third kappa shape index (κ3) is 4.47. The Kier molecular flexibility index (Phi) is 5.74. The van der Waals surface area contributed by atoms with Gasteiger partial charge in [-0.25, -0.2) is 4.98 Å². The average Bonchev–Trinajstić information content (AvgIpc) is 3.33. The van der Waals surface area contributed by atoms with E-state index in [1.54, 1.807) is 0 Å². The van der Waals surface area contributed by atoms with Gasteiger partial charge in [-0.15, -0.1) is 11.3 Å². The van der Waals surface area contributed by atoms with Crippen LogP contribution in [-0.4, -0.2) is 36.2 Å². The van der Waals surface area contributed by atoms with E-state index in [0.29, 0.717) is 11.7 Å². The fraction of sp³-hybridized carbons (Fsp3) is 0.304. The summed E-state index contributed by atoms with van der Waals surface area (Å²) in [5.41, 5.74) is 6.75. The fourth-order valence-electron chi connectivity index (χ4n) is 3.50. The highest BCUT2D eigenvalue weighted by Crippen LogP contribution is 2.33. The summed E-state index contributed by atoms with van der Waals surface area (Å²) in [5, 5.41) is 5.52. The quantitative estimate of drug-likeness (QED) is 0.631. The number of amides is 1. The zero-order valence-corrected chi connectivity index (χ0v) is 18.4. The molecule has 1 aromatic heterocycles. The molecule has 1 N–H and O–H groups in total. The van der Waals surface area contributed by atoms with Gasteiger partial charge in [-0.05, 0) is 68.3 Å². The molecule has 30 heavy (non-hydrogen) atoms. The first kappa shape index (κ1) is 20.4. The molecule has 0 aliphatic carbocycles. The van der Waals surface area contributed by atoms with Crippen molar-refractivity contribution in [2.75, 3.05) is 25.7 Å². The van der Waals surface area contributed by atoms with Gasteiger partial charge in [0.15, 0.2) is 16.6 Å². The van der Waals surface area contributed by atoms with Crippen LogP contribution in [0.2, 0.25) is 0 Å². The van der Waals surface area contributed by atoms with Crippen molar-refractivity contribution < 1.29 is 14.3 Å². The molecular weight excluding hydrogens is 398 g/mol. The number of carbonyl (C=O) groups is 1. The highest BCUT2D eigenvalue weighted by Gasteiger charge is 2.15. The van der Waals surface area contributed by atoms with E-state index >= 15 is 0 Å². The minimum atomic E-state index is -0.0871. The van der Waals surface area contributed by atoms with Gasteiger partial charge in [0, 0.05) is 17.5 Å². The second kappa shape index (κ2) is 8.45. The molecule has 1 aliphatic rings. The molecule has 1 aliphatic heterocycles. The lowest BCUT2D eigenvalue weighted by atomic mass is 9.99. The molecule has 0 fully saturated rings. The molecule has 7 heteroatoms. The molecule has 156 valence electrons. The van der Waals surface area contributed by atoms with E-state index in [0.717, 1.165) is 28.3 Å². The summed E-state index contributed by atoms with van der Waals surface area (Å²) < 4.78 is 10.8. The van der Waals surface area contributed by atoms with Crippen molar-refractivity contribution >= 4 is 22.4 Å². The number of anilines is 1. The number of benzene rings is 2. The van der Waals surface area contributed by atoms with Crippen molar-refractivity contribution in [2.24, 2.45) is 0 Å². The lowest BCUT2D eigenvalue weighted by molar-refractivity contribution is -0.117. The second-order valence-electron chi connectivity index (χ2n) is 7.70. The number of likely N-dealkylation sites (N-methyl/N-ethyl adjacent to an activating group) is 1. The van der Waals surface area contributed by atoms with Crippen LogP contribution < -0.4 is 14.8 Å². The molecule has 2 aromatic carbocycles. The lowest BCUT2D eigenvalue weighted by Crippen LogP contribution is -2.29. The molecule has 6 nitrogen and oxygen atoms in total. The first-order chi connectivity index (χ1) is 14.4. The summed E-state index contributed by atoms with van der Waals surface area (Å²) >= 11 is 1.44. The van der Waals surface area contributed by atoms with Gasteiger partial charge in [0.1, 0.15) is 0 Å². The standard InChI is InChI=1S/C23H25N3O3S/c1-14-7-16(3)18(8-15(14)2)19-12-30-23(24-19)25-22(27)11-26(4)10-17-5-6-20-21(9-17)29-13-28-20/h5-9,12H,10-11,13H2,1-4H3,(H,24,25,27). The second-order valence-corrected chi connectivity index (χ2v) is 8.56. The van der Waals surface area contributed by atoms with Crippen molar-refractivity contribution in [3.8, 4) is 22.8 Å². The predicted octanol–water partition coefficient (Wildman–Crippen LogP) is 4.53. The number of nitrogens with one attached hydrogen (secondary N) is 1. The SMILES string of the molecule is Cc1cc(C)c(-c2csc(NC(=O)CN(C)Cc3ccc4c(c3)OCO4)n2)cc1C. The van der Waals surface area contributed by atoms with Gasteiger partial charge in [0.2, 0.25) is 12.7 Å². The van der Waals surface area contributed by atoms with Crippen LogP contribution in [0.25, 0.3) is 11.3 Å². The van der Waals surface area contributed by atoms with Gasteiger partial charge < -0.3 is 14.8 Å². The maximum absolute atomic E-state index is 12.5. The Morgan fingerprint density at radius 2 is 1.87 bits per heavy atom. The topological polar surface area (TPSA) is 63.7 Å². The highest BCUT2D eigenvalue weighted by atomic mass is 32.1. The number of hydrogen-bond donors (Lipinski definition) is 1. The fourth-order valence-corrected chi connectivity index (χ4v) is 4.23. The number of aryl methyl sites for hydroxylation is 3. The Labute approximate surface area is 180 Å². The van der Waals surface area contributed by atoms with Crippen molar-refractivity contribution in [1.82, 2.24) is 9.88 Å². The number of thiazole rings is 1. The number of aromatic nitrogens is 1. The minimum Gasteiger partial charge on any atom is -0.454 e. The van der Waals surface area contributed by atoms with Gasteiger partial charge in [-0.3, -0.25) is 9.69 Å². The molecule has 0 bridgehead atoms. The zero-order valence-electron chi connectivity index (χ0n) is 17.6. The predicted molar refractivity (Wildman–Crippen MR) is 119 cm³/mol. The molecule has 0 spiro atoms. The molecule has 0 unspecified atom stereocenters. The van der Waals surface area contributed by atoms with Gasteiger partial charge in [-0.1, -0.05) is 12.1 Å². The Morgan fingerprint density at radius 1 is 1.10 bits per heavy atom. The molecule has 3 aromatic rings. The third-order valence-electron chi connectivity index (χ3n) is 5.17. The highest BCUT2D eigenvalue weighted by molar-refractivity contribution is 7.14. The summed E-state index contributed by atoms with van der Waals surface area (Å²) in [5.74, 6) is 1.43. The van der Waals surface area contributed by atoms with E-state index in [9.17, 15) is 4.79 Å². The van der Waals surface area contributed by atoms with Crippen LogP contribution in [0.5, 0.6) is 11.5 Å². The van der Waals surface area contributed by atoms with E-state index in [-0.39, 0.29) is 19.2 Å². The van der Waals surface area contributed by atoms with Crippen LogP contribution in [-0.2, 0) is 11.3 Å². The van der Waals surface area contributed by atoms with Gasteiger partial charge in [0.25, 0.3) is 0 Å². The minimum absolute atomic E-state index is 0.0871. The normalized spacial score (nSPS) is 12.4. The maximum Gasteiger partial charge on any atom is 0.240 e. The summed E-state index contributed by atoms with van der Waals surface area (Å²) in [6, 6.07) is 10.2. The Balaban J connectivity index is 1.36. The smallest absolute Gasteiger partial charge is 0.240 e. The van der Waals surface area contributed by atoms with Crippen molar-refractivity contribution in [2.45, 2.75) is 27.3 Å². The van der Waals surface area contributed by atoms with Crippen molar-refractivity contribution in [3.05, 3.63) is 58.0 Å². The summed E-state index contributed by atoms with van der Waals surface area (Å²) in [4.78, 5) is 19.1. The molecule has 0 saturated carbocycles. The maximum atomic E-state index is 12.5. The molecule has 0 atom stereocenters. The summed E-state index contributed by atoms with van der Waals surface area (Å²) in [6.07, 6.45) is 0. The third-order valence-corrected chi connectivity index (χ3v) is 5.93. The molecule has 0 radical (unpaired) electrons. The van der Waals surface area contributed by atoms with Crippen LogP contribution in [0.3, 0.4) is 0 Å². The van der Waals surface area contributed by atoms with E-state index in [1.165, 1.54) is 28.0 Å². The molecule has 0 saturated heterocycles. The van der Waals surface area contributed by atoms with Crippen molar-refractivity contribution in [3.63, 3.8) is 0 Å². The first-order valence-electron chi connectivity index (χ1n) is 9.79. The van der Waals surface area contributed by atoms with Crippen LogP contribution in [0.4, 0.5) is 5.13 Å². The van der Waals surface area contributed by atoms with E-state index in [2.05, 4.69) is 43.2 Å². The largest absolute Gasteiger partial charge is 0.454 e. The molecular formula is C23H25N3O3S. The summed E-state index contributed by atoms with van der Waals surface area (Å²) in [6.45, 7) is 7.46. The zero-order chi connectivity index (χ0) is 21.3. The van der Waals surface area contributed by atoms with E-state index in [4.69, 9.17) is 9.47 Å². The van der Waals surface area contributed by atoms with Crippen molar-refractivity contribution in [1.29, 1.82) is 0 Å². The molecule has 2 heterocycles. The van der Waals surface area contributed by atoms with Crippen LogP contribution in [0.15, 0.2) is 35.7 Å². The Bertz CT molecular complexity index is 1090. The van der Waals surface area contributed by atoms with Gasteiger partial charge >= 0.3 is 0 Å². The van der Waals surface area contributed by atoms with E-state index < -0.39 is 0 Å². The van der Waals surface area contributed by atoms with E-state index in [1.807, 2.05) is 35.5 Å². The number of hydrogen-bond acceptors (Lipinski definition) is 6. The average molecular weight is 424 g/mol. The monoisotopic (exact) mass is 423 g/mol. The number of carbonyl (C=O) groups excluding carboxylic acids is 1.